The van der Waals surface area contributed by atoms with E-state index in [4.69, 9.17) is 24.4 Å². The van der Waals surface area contributed by atoms with Crippen molar-refractivity contribution in [3.8, 4) is 50.4 Å². The van der Waals surface area contributed by atoms with E-state index in [1.807, 2.05) is 72.8 Å². The maximum atomic E-state index is 6.34. The van der Waals surface area contributed by atoms with Gasteiger partial charge in [-0.05, 0) is 48.5 Å². The molecule has 0 unspecified atom stereocenters. The molecule has 0 amide bonds. The third-order valence-corrected chi connectivity index (χ3v) is 11.0. The van der Waals surface area contributed by atoms with Gasteiger partial charge in [0.05, 0.1) is 21.3 Å². The van der Waals surface area contributed by atoms with E-state index in [0.717, 1.165) is 76.1 Å². The highest BCUT2D eigenvalue weighted by Gasteiger charge is 2.18. The van der Waals surface area contributed by atoms with Crippen LogP contribution in [-0.2, 0) is 0 Å². The Morgan fingerprint density at radius 2 is 1.08 bits per heavy atom. The number of nitrogens with zero attached hydrogens (tertiary/aromatic N) is 5. The molecule has 0 atom stereocenters. The minimum Gasteiger partial charge on any atom is -0.456 e. The summed E-state index contributed by atoms with van der Waals surface area (Å²) in [4.78, 5) is 19.9. The van der Waals surface area contributed by atoms with Gasteiger partial charge in [0.15, 0.2) is 17.5 Å². The smallest absolute Gasteiger partial charge is 0.164 e. The SMILES string of the molecule is c1ccc(-c2nc(-c3ccccc3)nc(-c3ccc4sc(-c5cccc(-n6c7ccccc7c7cc8c(cc76)oc6ccccc68)c5)nc4c3)n2)cc1. The molecule has 0 bridgehead atoms. The first-order valence-corrected chi connectivity index (χ1v) is 18.3. The molecule has 0 N–H and O–H groups in total. The summed E-state index contributed by atoms with van der Waals surface area (Å²) >= 11 is 1.68. The second-order valence-electron chi connectivity index (χ2n) is 13.1. The minimum absolute atomic E-state index is 0.612. The van der Waals surface area contributed by atoms with Crippen LogP contribution in [0.1, 0.15) is 0 Å². The van der Waals surface area contributed by atoms with Crippen LogP contribution >= 0.6 is 11.3 Å². The molecular weight excluding hydrogens is 671 g/mol. The minimum atomic E-state index is 0.612. The van der Waals surface area contributed by atoms with Crippen molar-refractivity contribution in [1.82, 2.24) is 24.5 Å². The third-order valence-electron chi connectivity index (χ3n) is 9.87. The molecule has 0 aliphatic carbocycles. The van der Waals surface area contributed by atoms with Crippen LogP contribution < -0.4 is 0 Å². The summed E-state index contributed by atoms with van der Waals surface area (Å²) in [5.41, 5.74) is 9.82. The van der Waals surface area contributed by atoms with Gasteiger partial charge in [0.2, 0.25) is 0 Å². The van der Waals surface area contributed by atoms with Crippen LogP contribution in [0.2, 0.25) is 0 Å². The van der Waals surface area contributed by atoms with Crippen molar-refractivity contribution in [2.24, 2.45) is 0 Å². The van der Waals surface area contributed by atoms with Crippen molar-refractivity contribution in [2.75, 3.05) is 0 Å². The number of rotatable bonds is 5. The Morgan fingerprint density at radius 1 is 0.415 bits per heavy atom. The molecule has 6 nitrogen and oxygen atoms in total. The first kappa shape index (κ1) is 29.7. The Balaban J connectivity index is 1.02. The van der Waals surface area contributed by atoms with Crippen LogP contribution in [0.4, 0.5) is 0 Å². The molecule has 0 saturated carbocycles. The average molecular weight is 698 g/mol. The van der Waals surface area contributed by atoms with Gasteiger partial charge >= 0.3 is 0 Å². The van der Waals surface area contributed by atoms with E-state index in [2.05, 4.69) is 95.6 Å². The Bertz CT molecular complexity index is 3120. The van der Waals surface area contributed by atoms with E-state index in [1.165, 1.54) is 10.8 Å². The highest BCUT2D eigenvalue weighted by Crippen LogP contribution is 2.39. The van der Waals surface area contributed by atoms with Gasteiger partial charge in [0, 0.05) is 55.6 Å². The second kappa shape index (κ2) is 11.8. The molecule has 0 aliphatic rings. The summed E-state index contributed by atoms with van der Waals surface area (Å²) < 4.78 is 9.77. The molecule has 11 aromatic rings. The molecule has 53 heavy (non-hydrogen) atoms. The number of furan rings is 1. The van der Waals surface area contributed by atoms with Crippen LogP contribution in [0, 0.1) is 0 Å². The maximum Gasteiger partial charge on any atom is 0.164 e. The van der Waals surface area contributed by atoms with Crippen LogP contribution in [0.15, 0.2) is 168 Å². The molecule has 248 valence electrons. The predicted octanol–water partition coefficient (Wildman–Crippen LogP) is 12.1. The molecular formula is C46H27N5OS. The van der Waals surface area contributed by atoms with Crippen molar-refractivity contribution in [3.63, 3.8) is 0 Å². The second-order valence-corrected chi connectivity index (χ2v) is 14.1. The van der Waals surface area contributed by atoms with Gasteiger partial charge in [0.1, 0.15) is 16.2 Å². The Kier molecular flexibility index (Phi) is 6.62. The van der Waals surface area contributed by atoms with Gasteiger partial charge < -0.3 is 8.98 Å². The summed E-state index contributed by atoms with van der Waals surface area (Å²) in [6.45, 7) is 0. The highest BCUT2D eigenvalue weighted by atomic mass is 32.1. The van der Waals surface area contributed by atoms with E-state index >= 15 is 0 Å². The third kappa shape index (κ3) is 4.93. The number of fused-ring (bicyclic) bond motifs is 7. The number of hydrogen-bond acceptors (Lipinski definition) is 6. The van der Waals surface area contributed by atoms with Gasteiger partial charge in [-0.1, -0.05) is 109 Å². The monoisotopic (exact) mass is 697 g/mol. The van der Waals surface area contributed by atoms with E-state index in [-0.39, 0.29) is 0 Å². The Hall–Kier alpha value is -6.96. The number of thiazole rings is 1. The molecule has 0 fully saturated rings. The molecule has 11 rings (SSSR count). The van der Waals surface area contributed by atoms with E-state index in [1.54, 1.807) is 11.3 Å². The van der Waals surface area contributed by atoms with Gasteiger partial charge in [-0.15, -0.1) is 11.3 Å². The average Bonchev–Trinajstić information content (AvgIpc) is 3.92. The van der Waals surface area contributed by atoms with Crippen LogP contribution in [0.5, 0.6) is 0 Å². The van der Waals surface area contributed by atoms with Crippen LogP contribution in [0.3, 0.4) is 0 Å². The summed E-state index contributed by atoms with van der Waals surface area (Å²) in [5.74, 6) is 1.88. The fraction of sp³-hybridized carbons (Fsp3) is 0. The Labute approximate surface area is 307 Å². The first-order chi connectivity index (χ1) is 26.2. The largest absolute Gasteiger partial charge is 0.456 e. The predicted molar refractivity (Wildman–Crippen MR) is 216 cm³/mol. The zero-order chi connectivity index (χ0) is 34.9. The lowest BCUT2D eigenvalue weighted by molar-refractivity contribution is 0.669. The van der Waals surface area contributed by atoms with Crippen molar-refractivity contribution >= 4 is 65.3 Å². The van der Waals surface area contributed by atoms with E-state index < -0.39 is 0 Å². The van der Waals surface area contributed by atoms with Crippen molar-refractivity contribution < 1.29 is 4.42 Å². The topological polar surface area (TPSA) is 69.6 Å². The zero-order valence-electron chi connectivity index (χ0n) is 28.1. The number of para-hydroxylation sites is 2. The molecule has 0 radical (unpaired) electrons. The van der Waals surface area contributed by atoms with Crippen LogP contribution in [-0.4, -0.2) is 24.5 Å². The number of hydrogen-bond donors (Lipinski definition) is 0. The lowest BCUT2D eigenvalue weighted by atomic mass is 10.1. The van der Waals surface area contributed by atoms with Crippen molar-refractivity contribution in [1.29, 1.82) is 0 Å². The van der Waals surface area contributed by atoms with Gasteiger partial charge in [-0.3, -0.25) is 0 Å². The van der Waals surface area contributed by atoms with E-state index in [9.17, 15) is 0 Å². The quantitative estimate of drug-likeness (QED) is 0.179. The van der Waals surface area contributed by atoms with Gasteiger partial charge in [-0.25, -0.2) is 19.9 Å². The van der Waals surface area contributed by atoms with Gasteiger partial charge in [0.25, 0.3) is 0 Å². The molecule has 7 aromatic carbocycles. The summed E-state index contributed by atoms with van der Waals surface area (Å²) in [6.07, 6.45) is 0. The van der Waals surface area contributed by atoms with E-state index in [0.29, 0.717) is 17.5 Å². The fourth-order valence-corrected chi connectivity index (χ4v) is 8.31. The first-order valence-electron chi connectivity index (χ1n) is 17.5. The van der Waals surface area contributed by atoms with Gasteiger partial charge in [-0.2, -0.15) is 0 Å². The standard InChI is InChI=1S/C46H27N5OS/c1-3-12-28(13-4-1)43-48-44(29-14-5-2-6-15-29)50-45(49-43)30-22-23-42-37(25-30)47-46(53-42)31-16-11-17-32(24-31)51-38-20-9-7-18-33(38)35-26-36-34-19-8-10-21-40(34)52-41(36)27-39(35)51/h1-27H. The normalized spacial score (nSPS) is 11.8. The number of benzene rings is 7. The Morgan fingerprint density at radius 3 is 1.85 bits per heavy atom. The summed E-state index contributed by atoms with van der Waals surface area (Å²) in [6, 6.07) is 56.3. The molecule has 0 saturated heterocycles. The summed E-state index contributed by atoms with van der Waals surface area (Å²) in [5, 5.41) is 5.61. The molecule has 4 heterocycles. The molecule has 0 aliphatic heterocycles. The molecule has 4 aromatic heterocycles. The van der Waals surface area contributed by atoms with Crippen molar-refractivity contribution in [2.45, 2.75) is 0 Å². The number of aromatic nitrogens is 5. The zero-order valence-corrected chi connectivity index (χ0v) is 29.0. The lowest BCUT2D eigenvalue weighted by Crippen LogP contribution is -2.00. The maximum absolute atomic E-state index is 6.34. The fourth-order valence-electron chi connectivity index (χ4n) is 7.37. The molecule has 7 heteroatoms. The van der Waals surface area contributed by atoms with Crippen molar-refractivity contribution in [3.05, 3.63) is 164 Å². The molecule has 0 spiro atoms. The van der Waals surface area contributed by atoms with Crippen LogP contribution in [0.25, 0.3) is 104 Å². The summed E-state index contributed by atoms with van der Waals surface area (Å²) in [7, 11) is 0. The lowest BCUT2D eigenvalue weighted by Gasteiger charge is -2.09. The highest BCUT2D eigenvalue weighted by molar-refractivity contribution is 7.21.